The Labute approximate surface area is 126 Å². The van der Waals surface area contributed by atoms with Crippen LogP contribution in [0.25, 0.3) is 0 Å². The number of carbonyl (C=O) groups is 2. The van der Waals surface area contributed by atoms with Crippen molar-refractivity contribution in [3.05, 3.63) is 34.4 Å². The smallest absolute Gasteiger partial charge is 0.310 e. The van der Waals surface area contributed by atoms with Crippen molar-refractivity contribution >= 4 is 11.9 Å². The van der Waals surface area contributed by atoms with E-state index < -0.39 is 0 Å². The minimum atomic E-state index is -0.309. The molecule has 0 spiro atoms. The van der Waals surface area contributed by atoms with Gasteiger partial charge >= 0.3 is 5.97 Å². The molecule has 1 saturated heterocycles. The number of likely N-dealkylation sites (tertiary alicyclic amines) is 1. The molecular formula is C17H23NO3. The molecule has 1 amide bonds. The molecule has 1 fully saturated rings. The largest absolute Gasteiger partial charge is 0.469 e. The van der Waals surface area contributed by atoms with Crippen molar-refractivity contribution in [2.75, 3.05) is 20.2 Å². The summed E-state index contributed by atoms with van der Waals surface area (Å²) >= 11 is 0. The highest BCUT2D eigenvalue weighted by Gasteiger charge is 2.23. The Kier molecular flexibility index (Phi) is 4.99. The zero-order valence-electron chi connectivity index (χ0n) is 13.1. The van der Waals surface area contributed by atoms with Crippen LogP contribution in [0.3, 0.4) is 0 Å². The van der Waals surface area contributed by atoms with Crippen LogP contribution in [0.4, 0.5) is 0 Å². The predicted octanol–water partition coefficient (Wildman–Crippen LogP) is 2.51. The average molecular weight is 289 g/mol. The van der Waals surface area contributed by atoms with Crippen LogP contribution in [-0.2, 0) is 22.4 Å². The molecule has 1 heterocycles. The molecule has 2 rings (SSSR count). The molecule has 0 saturated carbocycles. The number of rotatable bonds is 4. The fourth-order valence-corrected chi connectivity index (χ4v) is 2.85. The maximum Gasteiger partial charge on any atom is 0.310 e. The molecule has 0 atom stereocenters. The summed E-state index contributed by atoms with van der Waals surface area (Å²) < 4.78 is 4.75. The van der Waals surface area contributed by atoms with Crippen LogP contribution in [0.2, 0.25) is 0 Å². The summed E-state index contributed by atoms with van der Waals surface area (Å²) in [7, 11) is 1.37. The van der Waals surface area contributed by atoms with Gasteiger partial charge < -0.3 is 9.64 Å². The second kappa shape index (κ2) is 6.74. The number of ether oxygens (including phenoxy) is 1. The number of hydrogen-bond acceptors (Lipinski definition) is 3. The molecule has 1 aromatic carbocycles. The maximum absolute atomic E-state index is 12.7. The lowest BCUT2D eigenvalue weighted by Gasteiger charge is -2.19. The van der Waals surface area contributed by atoms with Gasteiger partial charge in [0, 0.05) is 18.7 Å². The molecule has 4 heteroatoms. The normalized spacial score (nSPS) is 14.3. The quantitative estimate of drug-likeness (QED) is 0.800. The zero-order valence-corrected chi connectivity index (χ0v) is 13.1. The van der Waals surface area contributed by atoms with Crippen molar-refractivity contribution in [1.82, 2.24) is 4.90 Å². The van der Waals surface area contributed by atoms with Crippen LogP contribution >= 0.6 is 0 Å². The Hall–Kier alpha value is -1.84. The van der Waals surface area contributed by atoms with Gasteiger partial charge in [0.15, 0.2) is 0 Å². The lowest BCUT2D eigenvalue weighted by Crippen LogP contribution is -2.29. The van der Waals surface area contributed by atoms with E-state index in [1.165, 1.54) is 12.7 Å². The van der Waals surface area contributed by atoms with Gasteiger partial charge in [0.1, 0.15) is 0 Å². The minimum Gasteiger partial charge on any atom is -0.469 e. The third kappa shape index (κ3) is 3.43. The second-order valence-electron chi connectivity index (χ2n) is 5.54. The maximum atomic E-state index is 12.7. The fourth-order valence-electron chi connectivity index (χ4n) is 2.85. The third-order valence-electron chi connectivity index (χ3n) is 4.13. The minimum absolute atomic E-state index is 0.0390. The number of esters is 1. The van der Waals surface area contributed by atoms with E-state index in [1.54, 1.807) is 0 Å². The standard InChI is InChI=1S/C17H23NO3/c1-4-13-10-14(11-16(19)21-3)15(9-12(13)2)17(20)18-7-5-6-8-18/h9-10H,4-8,11H2,1-3H3. The summed E-state index contributed by atoms with van der Waals surface area (Å²) in [5, 5.41) is 0. The van der Waals surface area contributed by atoms with Gasteiger partial charge in [-0.25, -0.2) is 0 Å². The van der Waals surface area contributed by atoms with E-state index in [2.05, 4.69) is 6.92 Å². The fraction of sp³-hybridized carbons (Fsp3) is 0.529. The van der Waals surface area contributed by atoms with Gasteiger partial charge in [0.05, 0.1) is 13.5 Å². The van der Waals surface area contributed by atoms with Crippen molar-refractivity contribution < 1.29 is 14.3 Å². The Balaban J connectivity index is 2.38. The molecule has 0 aromatic heterocycles. The van der Waals surface area contributed by atoms with E-state index in [0.717, 1.165) is 43.5 Å². The Morgan fingerprint density at radius 1 is 1.19 bits per heavy atom. The SMILES string of the molecule is CCc1cc(CC(=O)OC)c(C(=O)N2CCCC2)cc1C. The summed E-state index contributed by atoms with van der Waals surface area (Å²) in [6.45, 7) is 5.71. The number of nitrogens with zero attached hydrogens (tertiary/aromatic N) is 1. The van der Waals surface area contributed by atoms with Crippen molar-refractivity contribution in [1.29, 1.82) is 0 Å². The average Bonchev–Trinajstić information content (AvgIpc) is 3.02. The molecule has 0 bridgehead atoms. The van der Waals surface area contributed by atoms with E-state index in [-0.39, 0.29) is 18.3 Å². The first-order valence-corrected chi connectivity index (χ1v) is 7.55. The molecule has 0 N–H and O–H groups in total. The first-order chi connectivity index (χ1) is 10.1. The highest BCUT2D eigenvalue weighted by Crippen LogP contribution is 2.22. The summed E-state index contributed by atoms with van der Waals surface area (Å²) in [5.41, 5.74) is 3.71. The second-order valence-corrected chi connectivity index (χ2v) is 5.54. The molecule has 4 nitrogen and oxygen atoms in total. The lowest BCUT2D eigenvalue weighted by molar-refractivity contribution is -0.139. The highest BCUT2D eigenvalue weighted by molar-refractivity contribution is 5.97. The molecule has 114 valence electrons. The van der Waals surface area contributed by atoms with Gasteiger partial charge in [-0.1, -0.05) is 13.0 Å². The number of hydrogen-bond donors (Lipinski definition) is 0. The topological polar surface area (TPSA) is 46.6 Å². The van der Waals surface area contributed by atoms with Crippen molar-refractivity contribution in [3.8, 4) is 0 Å². The Bertz CT molecular complexity index is 545. The van der Waals surface area contributed by atoms with Gasteiger partial charge in [-0.3, -0.25) is 9.59 Å². The molecule has 21 heavy (non-hydrogen) atoms. The van der Waals surface area contributed by atoms with Gasteiger partial charge in [-0.15, -0.1) is 0 Å². The molecular weight excluding hydrogens is 266 g/mol. The summed E-state index contributed by atoms with van der Waals surface area (Å²) in [6.07, 6.45) is 3.16. The van der Waals surface area contributed by atoms with Crippen LogP contribution in [0.15, 0.2) is 12.1 Å². The number of aryl methyl sites for hydroxylation is 2. The van der Waals surface area contributed by atoms with Crippen LogP contribution in [0.5, 0.6) is 0 Å². The van der Waals surface area contributed by atoms with Gasteiger partial charge in [0.2, 0.25) is 0 Å². The molecule has 1 aromatic rings. The number of methoxy groups -OCH3 is 1. The van der Waals surface area contributed by atoms with Gasteiger partial charge in [-0.05, 0) is 48.9 Å². The van der Waals surface area contributed by atoms with Crippen LogP contribution in [-0.4, -0.2) is 37.0 Å². The van der Waals surface area contributed by atoms with E-state index in [1.807, 2.05) is 24.0 Å². The molecule has 1 aliphatic heterocycles. The first-order valence-electron chi connectivity index (χ1n) is 7.55. The number of amides is 1. The third-order valence-corrected chi connectivity index (χ3v) is 4.13. The summed E-state index contributed by atoms with van der Waals surface area (Å²) in [5.74, 6) is -0.270. The molecule has 0 unspecified atom stereocenters. The van der Waals surface area contributed by atoms with Crippen LogP contribution in [0, 0.1) is 6.92 Å². The van der Waals surface area contributed by atoms with Crippen LogP contribution < -0.4 is 0 Å². The lowest BCUT2D eigenvalue weighted by atomic mass is 9.95. The summed E-state index contributed by atoms with van der Waals surface area (Å²) in [6, 6.07) is 3.91. The predicted molar refractivity (Wildman–Crippen MR) is 81.4 cm³/mol. The molecule has 0 radical (unpaired) electrons. The Morgan fingerprint density at radius 3 is 2.43 bits per heavy atom. The Morgan fingerprint density at radius 2 is 1.86 bits per heavy atom. The van der Waals surface area contributed by atoms with E-state index in [0.29, 0.717) is 5.56 Å². The zero-order chi connectivity index (χ0) is 15.4. The molecule has 0 aliphatic carbocycles. The van der Waals surface area contributed by atoms with Gasteiger partial charge in [-0.2, -0.15) is 0 Å². The monoisotopic (exact) mass is 289 g/mol. The highest BCUT2D eigenvalue weighted by atomic mass is 16.5. The van der Waals surface area contributed by atoms with Crippen LogP contribution in [0.1, 0.15) is 46.8 Å². The molecule has 1 aliphatic rings. The first kappa shape index (κ1) is 15.5. The van der Waals surface area contributed by atoms with E-state index >= 15 is 0 Å². The van der Waals surface area contributed by atoms with E-state index in [4.69, 9.17) is 4.74 Å². The summed E-state index contributed by atoms with van der Waals surface area (Å²) in [4.78, 5) is 26.2. The van der Waals surface area contributed by atoms with Crippen molar-refractivity contribution in [2.24, 2.45) is 0 Å². The van der Waals surface area contributed by atoms with Crippen molar-refractivity contribution in [2.45, 2.75) is 39.5 Å². The van der Waals surface area contributed by atoms with Crippen molar-refractivity contribution in [3.63, 3.8) is 0 Å². The number of carbonyl (C=O) groups excluding carboxylic acids is 2. The van der Waals surface area contributed by atoms with E-state index in [9.17, 15) is 9.59 Å². The van der Waals surface area contributed by atoms with Gasteiger partial charge in [0.25, 0.3) is 5.91 Å². The number of benzene rings is 1.